The highest BCUT2D eigenvalue weighted by molar-refractivity contribution is 5.81. The lowest BCUT2D eigenvalue weighted by atomic mass is 9.97. The Morgan fingerprint density at radius 1 is 1.07 bits per heavy atom. The number of fused-ring (bicyclic) bond motifs is 1. The quantitative estimate of drug-likeness (QED) is 0.778. The van der Waals surface area contributed by atoms with Crippen molar-refractivity contribution in [2.75, 3.05) is 46.1 Å². The van der Waals surface area contributed by atoms with Crippen LogP contribution in [0.4, 0.5) is 4.79 Å². The molecule has 3 aliphatic rings. The van der Waals surface area contributed by atoms with Gasteiger partial charge in [0.15, 0.2) is 11.5 Å². The highest BCUT2D eigenvalue weighted by atomic mass is 16.7. The average Bonchev–Trinajstić information content (AvgIpc) is 3.42. The number of carbonyl (C=O) groups is 2. The van der Waals surface area contributed by atoms with Gasteiger partial charge in [0.25, 0.3) is 0 Å². The minimum atomic E-state index is -0.147. The zero-order valence-electron chi connectivity index (χ0n) is 16.0. The van der Waals surface area contributed by atoms with Crippen LogP contribution in [0, 0.1) is 5.92 Å². The molecule has 3 heterocycles. The van der Waals surface area contributed by atoms with Crippen LogP contribution in [0.25, 0.3) is 0 Å². The summed E-state index contributed by atoms with van der Waals surface area (Å²) in [7, 11) is 0. The van der Waals surface area contributed by atoms with Gasteiger partial charge in [0.05, 0.1) is 12.5 Å². The lowest BCUT2D eigenvalue weighted by Gasteiger charge is -2.34. The molecule has 0 aliphatic carbocycles. The number of hydrogen-bond acceptors (Lipinski definition) is 5. The first kappa shape index (κ1) is 18.7. The summed E-state index contributed by atoms with van der Waals surface area (Å²) >= 11 is 0. The lowest BCUT2D eigenvalue weighted by Crippen LogP contribution is -2.49. The number of urea groups is 1. The first-order valence-electron chi connectivity index (χ1n) is 10.0. The molecule has 1 N–H and O–H groups in total. The number of nitrogens with one attached hydrogen (secondary N) is 1. The summed E-state index contributed by atoms with van der Waals surface area (Å²) in [6.45, 7) is 3.94. The molecule has 2 saturated heterocycles. The second kappa shape index (κ2) is 8.58. The van der Waals surface area contributed by atoms with Crippen molar-refractivity contribution < 1.29 is 23.8 Å². The molecule has 0 radical (unpaired) electrons. The van der Waals surface area contributed by atoms with Crippen LogP contribution in [0.1, 0.15) is 25.7 Å². The highest BCUT2D eigenvalue weighted by Crippen LogP contribution is 2.35. The Balaban J connectivity index is 1.19. The van der Waals surface area contributed by atoms with Crippen LogP contribution in [0.15, 0.2) is 18.2 Å². The smallest absolute Gasteiger partial charge is 0.320 e. The molecule has 1 aromatic carbocycles. The van der Waals surface area contributed by atoms with Crippen molar-refractivity contribution in [3.63, 3.8) is 0 Å². The Morgan fingerprint density at radius 2 is 1.86 bits per heavy atom. The van der Waals surface area contributed by atoms with E-state index in [1.807, 2.05) is 21.9 Å². The molecular weight excluding hydrogens is 362 g/mol. The predicted octanol–water partition coefficient (Wildman–Crippen LogP) is 1.84. The minimum absolute atomic E-state index is 0.00629. The number of nitrogens with zero attached hydrogens (tertiary/aromatic N) is 2. The summed E-state index contributed by atoms with van der Waals surface area (Å²) in [5.41, 5.74) is 0. The number of amides is 3. The summed E-state index contributed by atoms with van der Waals surface area (Å²) in [6, 6.07) is 5.50. The van der Waals surface area contributed by atoms with Crippen molar-refractivity contribution in [3.05, 3.63) is 18.2 Å². The maximum Gasteiger partial charge on any atom is 0.320 e. The van der Waals surface area contributed by atoms with Gasteiger partial charge in [-0.05, 0) is 37.8 Å². The lowest BCUT2D eigenvalue weighted by molar-refractivity contribution is -0.126. The molecule has 2 fully saturated rings. The van der Waals surface area contributed by atoms with Crippen LogP contribution in [-0.2, 0) is 4.79 Å². The topological polar surface area (TPSA) is 80.3 Å². The summed E-state index contributed by atoms with van der Waals surface area (Å²) < 4.78 is 16.3. The molecule has 0 unspecified atom stereocenters. The molecule has 0 saturated carbocycles. The Morgan fingerprint density at radius 3 is 2.71 bits per heavy atom. The Hall–Kier alpha value is -2.64. The van der Waals surface area contributed by atoms with Crippen LogP contribution in [0.2, 0.25) is 0 Å². The van der Waals surface area contributed by atoms with Gasteiger partial charge in [-0.2, -0.15) is 0 Å². The van der Waals surface area contributed by atoms with Gasteiger partial charge < -0.3 is 29.3 Å². The van der Waals surface area contributed by atoms with E-state index in [2.05, 4.69) is 5.32 Å². The third-order valence-corrected chi connectivity index (χ3v) is 5.45. The summed E-state index contributed by atoms with van der Waals surface area (Å²) in [4.78, 5) is 28.8. The second-order valence-corrected chi connectivity index (χ2v) is 7.42. The van der Waals surface area contributed by atoms with Gasteiger partial charge in [0.2, 0.25) is 12.7 Å². The SMILES string of the molecule is O=C(NCCOc1ccc2c(c1)OCO2)[C@H]1CCCN(C(=O)N2CCCC2)C1. The molecular formula is C20H27N3O5. The number of ether oxygens (including phenoxy) is 3. The van der Waals surface area contributed by atoms with Crippen LogP contribution in [0.5, 0.6) is 17.2 Å². The van der Waals surface area contributed by atoms with E-state index in [9.17, 15) is 9.59 Å². The van der Waals surface area contributed by atoms with Gasteiger partial charge in [-0.25, -0.2) is 4.79 Å². The fourth-order valence-corrected chi connectivity index (χ4v) is 3.93. The minimum Gasteiger partial charge on any atom is -0.492 e. The molecule has 0 bridgehead atoms. The first-order chi connectivity index (χ1) is 13.7. The fourth-order valence-electron chi connectivity index (χ4n) is 3.93. The number of carbonyl (C=O) groups excluding carboxylic acids is 2. The molecule has 28 heavy (non-hydrogen) atoms. The van der Waals surface area contributed by atoms with Crippen molar-refractivity contribution in [3.8, 4) is 17.2 Å². The van der Waals surface area contributed by atoms with Gasteiger partial charge in [-0.15, -0.1) is 0 Å². The van der Waals surface area contributed by atoms with Gasteiger partial charge in [-0.3, -0.25) is 4.79 Å². The summed E-state index contributed by atoms with van der Waals surface area (Å²) in [6.07, 6.45) is 3.84. The predicted molar refractivity (Wildman–Crippen MR) is 102 cm³/mol. The van der Waals surface area contributed by atoms with Gasteiger partial charge in [-0.1, -0.05) is 0 Å². The Labute approximate surface area is 164 Å². The second-order valence-electron chi connectivity index (χ2n) is 7.42. The molecule has 1 aromatic rings. The zero-order chi connectivity index (χ0) is 19.3. The van der Waals surface area contributed by atoms with E-state index < -0.39 is 0 Å². The molecule has 8 nitrogen and oxygen atoms in total. The van der Waals surface area contributed by atoms with Crippen LogP contribution in [-0.4, -0.2) is 67.9 Å². The Bertz CT molecular complexity index is 720. The number of piperidine rings is 1. The summed E-state index contributed by atoms with van der Waals surface area (Å²) in [5, 5.41) is 2.93. The molecule has 152 valence electrons. The average molecular weight is 389 g/mol. The molecule has 3 amide bonds. The first-order valence-corrected chi connectivity index (χ1v) is 10.0. The summed E-state index contributed by atoms with van der Waals surface area (Å²) in [5.74, 6) is 1.91. The third kappa shape index (κ3) is 4.26. The molecule has 1 atom stereocenters. The molecule has 3 aliphatic heterocycles. The van der Waals surface area contributed by atoms with Crippen molar-refractivity contribution in [2.45, 2.75) is 25.7 Å². The maximum absolute atomic E-state index is 12.5. The number of benzene rings is 1. The standard InChI is InChI=1S/C20H27N3O5/c24-19(15-4-3-10-23(13-15)20(25)22-8-1-2-9-22)21-7-11-26-16-5-6-17-18(12-16)28-14-27-17/h5-6,12,15H,1-4,7-11,13-14H2,(H,21,24)/t15-/m0/s1. The molecule has 4 rings (SSSR count). The van der Waals surface area contributed by atoms with Gasteiger partial charge in [0.1, 0.15) is 12.4 Å². The van der Waals surface area contributed by atoms with E-state index >= 15 is 0 Å². The largest absolute Gasteiger partial charge is 0.492 e. The number of likely N-dealkylation sites (tertiary alicyclic amines) is 2. The van der Waals surface area contributed by atoms with Crippen molar-refractivity contribution in [1.82, 2.24) is 15.1 Å². The molecule has 8 heteroatoms. The van der Waals surface area contributed by atoms with Gasteiger partial charge >= 0.3 is 6.03 Å². The van der Waals surface area contributed by atoms with Crippen molar-refractivity contribution in [2.24, 2.45) is 5.92 Å². The third-order valence-electron chi connectivity index (χ3n) is 5.45. The monoisotopic (exact) mass is 389 g/mol. The maximum atomic E-state index is 12.5. The number of hydrogen-bond donors (Lipinski definition) is 1. The van der Waals surface area contributed by atoms with E-state index in [0.29, 0.717) is 36.9 Å². The van der Waals surface area contributed by atoms with E-state index in [0.717, 1.165) is 45.3 Å². The van der Waals surface area contributed by atoms with Crippen molar-refractivity contribution >= 4 is 11.9 Å². The fraction of sp³-hybridized carbons (Fsp3) is 0.600. The zero-order valence-corrected chi connectivity index (χ0v) is 16.0. The molecule has 0 spiro atoms. The van der Waals surface area contributed by atoms with E-state index in [1.165, 1.54) is 0 Å². The van der Waals surface area contributed by atoms with E-state index in [-0.39, 0.29) is 24.6 Å². The van der Waals surface area contributed by atoms with E-state index in [4.69, 9.17) is 14.2 Å². The normalized spacial score (nSPS) is 20.9. The number of rotatable bonds is 5. The van der Waals surface area contributed by atoms with Crippen LogP contribution >= 0.6 is 0 Å². The van der Waals surface area contributed by atoms with Crippen molar-refractivity contribution in [1.29, 1.82) is 0 Å². The van der Waals surface area contributed by atoms with Crippen LogP contribution in [0.3, 0.4) is 0 Å². The highest BCUT2D eigenvalue weighted by Gasteiger charge is 2.31. The van der Waals surface area contributed by atoms with Crippen LogP contribution < -0.4 is 19.5 Å². The van der Waals surface area contributed by atoms with Gasteiger partial charge in [0, 0.05) is 32.2 Å². The Kier molecular flexibility index (Phi) is 5.73. The molecule has 0 aromatic heterocycles. The van der Waals surface area contributed by atoms with E-state index in [1.54, 1.807) is 6.07 Å².